The van der Waals surface area contributed by atoms with Crippen molar-refractivity contribution in [3.05, 3.63) is 36.0 Å². The maximum absolute atomic E-state index is 12.8. The maximum atomic E-state index is 12.8. The van der Waals surface area contributed by atoms with Crippen molar-refractivity contribution in [2.75, 3.05) is 47.4 Å². The predicted molar refractivity (Wildman–Crippen MR) is 110 cm³/mol. The van der Waals surface area contributed by atoms with Crippen molar-refractivity contribution >= 4 is 22.4 Å². The van der Waals surface area contributed by atoms with Crippen LogP contribution in [0.25, 0.3) is 16.5 Å². The van der Waals surface area contributed by atoms with Crippen LogP contribution in [-0.2, 0) is 4.79 Å². The second-order valence-corrected chi connectivity index (χ2v) is 6.59. The van der Waals surface area contributed by atoms with Crippen LogP contribution in [0.1, 0.15) is 19.4 Å². The van der Waals surface area contributed by atoms with E-state index in [-0.39, 0.29) is 11.8 Å². The van der Waals surface area contributed by atoms with E-state index in [9.17, 15) is 4.79 Å². The van der Waals surface area contributed by atoms with Crippen molar-refractivity contribution in [3.63, 3.8) is 0 Å². The van der Waals surface area contributed by atoms with E-state index >= 15 is 0 Å². The molecule has 2 N–H and O–H groups in total. The summed E-state index contributed by atoms with van der Waals surface area (Å²) in [5.74, 6) is 0.978. The van der Waals surface area contributed by atoms with E-state index in [0.29, 0.717) is 0 Å². The minimum absolute atomic E-state index is 0.0965. The van der Waals surface area contributed by atoms with Gasteiger partial charge in [0.1, 0.15) is 5.75 Å². The molecule has 0 saturated heterocycles. The third-order valence-electron chi connectivity index (χ3n) is 4.99. The topological polar surface area (TPSA) is 68.8 Å². The number of aromatic nitrogens is 1. The van der Waals surface area contributed by atoms with Crippen molar-refractivity contribution in [1.82, 2.24) is 14.8 Å². The Morgan fingerprint density at radius 3 is 2.63 bits per heavy atom. The van der Waals surface area contributed by atoms with Gasteiger partial charge in [0.2, 0.25) is 5.91 Å². The molecule has 1 aliphatic rings. The molecule has 0 spiro atoms. The summed E-state index contributed by atoms with van der Waals surface area (Å²) >= 11 is 0. The van der Waals surface area contributed by atoms with E-state index in [2.05, 4.69) is 29.1 Å². The maximum Gasteiger partial charge on any atom is 0.230 e. The van der Waals surface area contributed by atoms with Crippen LogP contribution in [-0.4, -0.2) is 73.2 Å². The predicted octanol–water partition coefficient (Wildman–Crippen LogP) is 2.60. The highest BCUT2D eigenvalue weighted by Crippen LogP contribution is 2.33. The molecular formula is C21H31N3O3. The molecule has 1 unspecified atom stereocenters. The lowest BCUT2D eigenvalue weighted by molar-refractivity contribution is -0.134. The summed E-state index contributed by atoms with van der Waals surface area (Å²) in [5, 5.41) is 8.07. The number of methoxy groups -OCH3 is 1. The van der Waals surface area contributed by atoms with Gasteiger partial charge in [-0.25, -0.2) is 0 Å². The number of likely N-dealkylation sites (N-methyl/N-ethyl adjacent to an activating group) is 1. The lowest BCUT2D eigenvalue weighted by atomic mass is 9.93. The number of rotatable bonds is 5. The van der Waals surface area contributed by atoms with Crippen molar-refractivity contribution in [1.29, 1.82) is 0 Å². The van der Waals surface area contributed by atoms with Gasteiger partial charge in [0.15, 0.2) is 0 Å². The van der Waals surface area contributed by atoms with Gasteiger partial charge in [0.25, 0.3) is 0 Å². The zero-order chi connectivity index (χ0) is 20.0. The zero-order valence-electron chi connectivity index (χ0n) is 17.0. The van der Waals surface area contributed by atoms with Crippen LogP contribution < -0.4 is 4.74 Å². The summed E-state index contributed by atoms with van der Waals surface area (Å²) in [6, 6.07) is 6.12. The van der Waals surface area contributed by atoms with Crippen LogP contribution in [0.4, 0.5) is 0 Å². The van der Waals surface area contributed by atoms with Gasteiger partial charge in [-0.3, -0.25) is 4.79 Å². The van der Waals surface area contributed by atoms with Gasteiger partial charge in [-0.1, -0.05) is 6.08 Å². The van der Waals surface area contributed by atoms with Gasteiger partial charge >= 0.3 is 0 Å². The van der Waals surface area contributed by atoms with E-state index < -0.39 is 0 Å². The van der Waals surface area contributed by atoms with Crippen molar-refractivity contribution < 1.29 is 14.6 Å². The fourth-order valence-corrected chi connectivity index (χ4v) is 3.71. The quantitative estimate of drug-likeness (QED) is 0.845. The molecule has 27 heavy (non-hydrogen) atoms. The van der Waals surface area contributed by atoms with E-state index in [1.165, 1.54) is 5.57 Å². The van der Waals surface area contributed by atoms with Crippen molar-refractivity contribution in [2.45, 2.75) is 13.8 Å². The molecule has 1 atom stereocenters. The number of aliphatic hydroxyl groups is 1. The number of hydrogen-bond donors (Lipinski definition) is 2. The molecule has 1 aliphatic heterocycles. The monoisotopic (exact) mass is 373 g/mol. The number of amides is 1. The first-order chi connectivity index (χ1) is 13.1. The number of nitrogens with one attached hydrogen (secondary N) is 1. The number of H-pyrrole nitrogens is 1. The lowest BCUT2D eigenvalue weighted by Gasteiger charge is -2.32. The Hall–Kier alpha value is -2.31. The standard InChI is InChI=1S/C20H27N3O2.CH4O/c1-5-23(6-2)20(24)15-11-14(12-22(3)13-15)16-7-8-18(25-4)17-9-10-21-19(16)17;1-2/h7-11,15,21H,5-6,12-13H2,1-4H3;2H,1H3. The Bertz CT molecular complexity index is 793. The number of hydrogen-bond acceptors (Lipinski definition) is 4. The Kier molecular flexibility index (Phi) is 7.45. The molecular weight excluding hydrogens is 342 g/mol. The first-order valence-electron chi connectivity index (χ1n) is 9.36. The highest BCUT2D eigenvalue weighted by Gasteiger charge is 2.27. The van der Waals surface area contributed by atoms with Crippen LogP contribution in [0.15, 0.2) is 30.5 Å². The molecule has 0 radical (unpaired) electrons. The molecule has 0 aliphatic carbocycles. The molecule has 1 aromatic heterocycles. The summed E-state index contributed by atoms with van der Waals surface area (Å²) in [5.41, 5.74) is 3.40. The number of ether oxygens (including phenoxy) is 1. The number of aromatic amines is 1. The van der Waals surface area contributed by atoms with Crippen LogP contribution in [0, 0.1) is 5.92 Å². The van der Waals surface area contributed by atoms with Gasteiger partial charge in [-0.2, -0.15) is 0 Å². The Balaban J connectivity index is 0.00000126. The van der Waals surface area contributed by atoms with E-state index in [0.717, 1.165) is 55.5 Å². The second-order valence-electron chi connectivity index (χ2n) is 6.59. The summed E-state index contributed by atoms with van der Waals surface area (Å²) in [6.07, 6.45) is 4.09. The van der Waals surface area contributed by atoms with E-state index in [4.69, 9.17) is 9.84 Å². The first kappa shape index (κ1) is 21.0. The molecule has 148 valence electrons. The van der Waals surface area contributed by atoms with Gasteiger partial charge < -0.3 is 24.6 Å². The molecule has 2 aromatic rings. The van der Waals surface area contributed by atoms with E-state index in [1.54, 1.807) is 7.11 Å². The minimum Gasteiger partial charge on any atom is -0.496 e. The fraction of sp³-hybridized carbons (Fsp3) is 0.476. The zero-order valence-corrected chi connectivity index (χ0v) is 17.0. The SMILES string of the molecule is CCN(CC)C(=O)C1C=C(c2ccc(OC)c3cc[nH]c23)CN(C)C1.CO. The summed E-state index contributed by atoms with van der Waals surface area (Å²) < 4.78 is 5.46. The first-order valence-corrected chi connectivity index (χ1v) is 9.36. The Labute approximate surface area is 161 Å². The summed E-state index contributed by atoms with van der Waals surface area (Å²) in [6.45, 7) is 7.17. The lowest BCUT2D eigenvalue weighted by Crippen LogP contribution is -2.42. The van der Waals surface area contributed by atoms with Crippen LogP contribution >= 0.6 is 0 Å². The molecule has 1 aromatic carbocycles. The van der Waals surface area contributed by atoms with Crippen LogP contribution in [0.5, 0.6) is 5.75 Å². The average Bonchev–Trinajstić information content (AvgIpc) is 3.19. The second kappa shape index (κ2) is 9.58. The van der Waals surface area contributed by atoms with Crippen molar-refractivity contribution in [2.24, 2.45) is 5.92 Å². The number of carbonyl (C=O) groups excluding carboxylic acids is 1. The molecule has 6 heteroatoms. The highest BCUT2D eigenvalue weighted by molar-refractivity contribution is 5.96. The smallest absolute Gasteiger partial charge is 0.230 e. The average molecular weight is 373 g/mol. The highest BCUT2D eigenvalue weighted by atomic mass is 16.5. The van der Waals surface area contributed by atoms with Crippen LogP contribution in [0.3, 0.4) is 0 Å². The normalized spacial score (nSPS) is 17.1. The summed E-state index contributed by atoms with van der Waals surface area (Å²) in [4.78, 5) is 20.3. The van der Waals surface area contributed by atoms with Gasteiger partial charge in [0.05, 0.1) is 18.5 Å². The largest absolute Gasteiger partial charge is 0.496 e. The number of fused-ring (bicyclic) bond motifs is 1. The number of aliphatic hydroxyl groups excluding tert-OH is 1. The third-order valence-corrected chi connectivity index (χ3v) is 4.99. The minimum atomic E-state index is -0.0965. The number of carbonyl (C=O) groups is 1. The molecule has 0 fully saturated rings. The summed E-state index contributed by atoms with van der Waals surface area (Å²) in [7, 11) is 4.76. The molecule has 0 saturated carbocycles. The van der Waals surface area contributed by atoms with Gasteiger partial charge in [0, 0.05) is 50.4 Å². The molecule has 6 nitrogen and oxygen atoms in total. The molecule has 3 rings (SSSR count). The van der Waals surface area contributed by atoms with Crippen LogP contribution in [0.2, 0.25) is 0 Å². The number of nitrogens with zero attached hydrogens (tertiary/aromatic N) is 2. The fourth-order valence-electron chi connectivity index (χ4n) is 3.71. The number of benzene rings is 1. The van der Waals surface area contributed by atoms with Gasteiger partial charge in [-0.05, 0) is 44.7 Å². The molecule has 1 amide bonds. The van der Waals surface area contributed by atoms with Gasteiger partial charge in [-0.15, -0.1) is 0 Å². The molecule has 0 bridgehead atoms. The van der Waals surface area contributed by atoms with Crippen molar-refractivity contribution in [3.8, 4) is 5.75 Å². The third kappa shape index (κ3) is 4.34. The Morgan fingerprint density at radius 2 is 2.00 bits per heavy atom. The molecule has 2 heterocycles. The Morgan fingerprint density at radius 1 is 1.30 bits per heavy atom. The van der Waals surface area contributed by atoms with E-state index in [1.807, 2.05) is 37.1 Å².